The predicted molar refractivity (Wildman–Crippen MR) is 44.0 cm³/mol. The third-order valence-corrected chi connectivity index (χ3v) is 1.48. The number of carboxylic acid groups (broad SMARTS) is 1. The van der Waals surface area contributed by atoms with Gasteiger partial charge in [-0.05, 0) is 0 Å². The van der Waals surface area contributed by atoms with E-state index in [0.29, 0.717) is 6.54 Å². The fourth-order valence-corrected chi connectivity index (χ4v) is 0.825. The van der Waals surface area contributed by atoms with Gasteiger partial charge in [0.05, 0.1) is 24.8 Å². The van der Waals surface area contributed by atoms with Gasteiger partial charge in [-0.25, -0.2) is 0 Å². The van der Waals surface area contributed by atoms with Crippen molar-refractivity contribution in [3.05, 3.63) is 12.4 Å². The monoisotopic (exact) mass is 169 g/mol. The van der Waals surface area contributed by atoms with E-state index >= 15 is 0 Å². The van der Waals surface area contributed by atoms with Gasteiger partial charge in [-0.15, -0.1) is 0 Å². The second kappa shape index (κ2) is 3.75. The molecule has 1 heterocycles. The van der Waals surface area contributed by atoms with Gasteiger partial charge in [-0.2, -0.15) is 5.10 Å². The summed E-state index contributed by atoms with van der Waals surface area (Å²) in [6.45, 7) is 0.414. The largest absolute Gasteiger partial charge is 0.481 e. The van der Waals surface area contributed by atoms with Crippen molar-refractivity contribution < 1.29 is 9.90 Å². The van der Waals surface area contributed by atoms with E-state index in [2.05, 4.69) is 10.4 Å². The molecule has 1 rings (SSSR count). The summed E-state index contributed by atoms with van der Waals surface area (Å²) in [5.41, 5.74) is 0.889. The molecule has 0 aliphatic carbocycles. The van der Waals surface area contributed by atoms with Gasteiger partial charge in [-0.3, -0.25) is 9.48 Å². The van der Waals surface area contributed by atoms with Gasteiger partial charge < -0.3 is 10.4 Å². The molecule has 12 heavy (non-hydrogen) atoms. The molecule has 0 fully saturated rings. The van der Waals surface area contributed by atoms with Gasteiger partial charge in [0.25, 0.3) is 0 Å². The molecule has 0 aliphatic rings. The summed E-state index contributed by atoms with van der Waals surface area (Å²) >= 11 is 0. The number of aliphatic carboxylic acids is 1. The van der Waals surface area contributed by atoms with Crippen molar-refractivity contribution in [1.82, 2.24) is 9.78 Å². The van der Waals surface area contributed by atoms with Crippen LogP contribution in [0.4, 0.5) is 5.69 Å². The highest BCUT2D eigenvalue weighted by Gasteiger charge is 1.99. The van der Waals surface area contributed by atoms with E-state index in [4.69, 9.17) is 5.11 Å². The Morgan fingerprint density at radius 3 is 3.08 bits per heavy atom. The van der Waals surface area contributed by atoms with Crippen LogP contribution in [0.5, 0.6) is 0 Å². The SMILES string of the molecule is CNc1cnn(CCC(=O)O)c1. The van der Waals surface area contributed by atoms with Crippen LogP contribution < -0.4 is 5.32 Å². The molecule has 0 saturated heterocycles. The second-order valence-corrected chi connectivity index (χ2v) is 2.39. The van der Waals surface area contributed by atoms with Crippen molar-refractivity contribution >= 4 is 11.7 Å². The first kappa shape index (κ1) is 8.58. The number of nitrogens with zero attached hydrogens (tertiary/aromatic N) is 2. The molecule has 0 radical (unpaired) electrons. The van der Waals surface area contributed by atoms with Crippen LogP contribution in [-0.2, 0) is 11.3 Å². The van der Waals surface area contributed by atoms with Gasteiger partial charge in [-0.1, -0.05) is 0 Å². The summed E-state index contributed by atoms with van der Waals surface area (Å²) in [6.07, 6.45) is 3.52. The summed E-state index contributed by atoms with van der Waals surface area (Å²) in [5.74, 6) is -0.809. The van der Waals surface area contributed by atoms with E-state index in [0.717, 1.165) is 5.69 Å². The summed E-state index contributed by atoms with van der Waals surface area (Å²) in [7, 11) is 1.79. The molecule has 2 N–H and O–H groups in total. The fraction of sp³-hybridized carbons (Fsp3) is 0.429. The summed E-state index contributed by atoms with van der Waals surface area (Å²) in [5, 5.41) is 15.2. The number of aromatic nitrogens is 2. The molecule has 1 aromatic rings. The van der Waals surface area contributed by atoms with Crippen LogP contribution in [0.25, 0.3) is 0 Å². The van der Waals surface area contributed by atoms with Gasteiger partial charge in [0.1, 0.15) is 0 Å². The lowest BCUT2D eigenvalue weighted by molar-refractivity contribution is -0.137. The molecule has 66 valence electrons. The average molecular weight is 169 g/mol. The normalized spacial score (nSPS) is 9.75. The van der Waals surface area contributed by atoms with Crippen molar-refractivity contribution in [2.24, 2.45) is 0 Å². The number of carboxylic acids is 1. The Labute approximate surface area is 70.0 Å². The quantitative estimate of drug-likeness (QED) is 0.684. The van der Waals surface area contributed by atoms with E-state index in [1.165, 1.54) is 0 Å². The van der Waals surface area contributed by atoms with Crippen LogP contribution in [0.3, 0.4) is 0 Å². The molecule has 5 heteroatoms. The minimum absolute atomic E-state index is 0.102. The topological polar surface area (TPSA) is 67.2 Å². The molecule has 0 aromatic carbocycles. The summed E-state index contributed by atoms with van der Waals surface area (Å²) in [6, 6.07) is 0. The van der Waals surface area contributed by atoms with Crippen molar-refractivity contribution in [3.63, 3.8) is 0 Å². The fourth-order valence-electron chi connectivity index (χ4n) is 0.825. The molecular weight excluding hydrogens is 158 g/mol. The maximum absolute atomic E-state index is 10.2. The van der Waals surface area contributed by atoms with Gasteiger partial charge in [0.15, 0.2) is 0 Å². The van der Waals surface area contributed by atoms with E-state index in [1.807, 2.05) is 0 Å². The second-order valence-electron chi connectivity index (χ2n) is 2.39. The zero-order valence-corrected chi connectivity index (χ0v) is 6.82. The van der Waals surface area contributed by atoms with Crippen LogP contribution in [0.15, 0.2) is 12.4 Å². The Kier molecular flexibility index (Phi) is 2.68. The average Bonchev–Trinajstić information content (AvgIpc) is 2.48. The lowest BCUT2D eigenvalue weighted by Crippen LogP contribution is -2.04. The Bertz CT molecular complexity index is 269. The Morgan fingerprint density at radius 2 is 2.58 bits per heavy atom. The molecule has 0 aliphatic heterocycles. The van der Waals surface area contributed by atoms with Crippen molar-refractivity contribution in [2.75, 3.05) is 12.4 Å². The first-order chi connectivity index (χ1) is 5.72. The minimum Gasteiger partial charge on any atom is -0.481 e. The Morgan fingerprint density at radius 1 is 1.83 bits per heavy atom. The number of aryl methyl sites for hydroxylation is 1. The minimum atomic E-state index is -0.809. The van der Waals surface area contributed by atoms with Gasteiger partial charge in [0.2, 0.25) is 0 Å². The number of anilines is 1. The van der Waals surface area contributed by atoms with Crippen molar-refractivity contribution in [3.8, 4) is 0 Å². The third kappa shape index (κ3) is 2.26. The third-order valence-electron chi connectivity index (χ3n) is 1.48. The molecule has 5 nitrogen and oxygen atoms in total. The van der Waals surface area contributed by atoms with Crippen LogP contribution in [0.2, 0.25) is 0 Å². The van der Waals surface area contributed by atoms with Crippen molar-refractivity contribution in [1.29, 1.82) is 0 Å². The summed E-state index contributed by atoms with van der Waals surface area (Å²) in [4.78, 5) is 10.2. The Balaban J connectivity index is 2.47. The number of hydrogen-bond donors (Lipinski definition) is 2. The van der Waals surface area contributed by atoms with Crippen molar-refractivity contribution in [2.45, 2.75) is 13.0 Å². The van der Waals surface area contributed by atoms with Crippen LogP contribution in [-0.4, -0.2) is 27.9 Å². The lowest BCUT2D eigenvalue weighted by atomic mass is 10.4. The first-order valence-corrected chi connectivity index (χ1v) is 3.64. The van der Waals surface area contributed by atoms with E-state index in [9.17, 15) is 4.79 Å². The Hall–Kier alpha value is -1.52. The molecule has 0 bridgehead atoms. The highest BCUT2D eigenvalue weighted by Crippen LogP contribution is 2.02. The molecular formula is C7H11N3O2. The number of rotatable bonds is 4. The maximum Gasteiger partial charge on any atom is 0.305 e. The van der Waals surface area contributed by atoms with Gasteiger partial charge >= 0.3 is 5.97 Å². The highest BCUT2D eigenvalue weighted by atomic mass is 16.4. The molecule has 0 spiro atoms. The van der Waals surface area contributed by atoms with E-state index in [-0.39, 0.29) is 6.42 Å². The smallest absolute Gasteiger partial charge is 0.305 e. The number of carbonyl (C=O) groups is 1. The molecule has 0 saturated carbocycles. The van der Waals surface area contributed by atoms with Crippen LogP contribution >= 0.6 is 0 Å². The standard InChI is InChI=1S/C7H11N3O2/c1-8-6-4-9-10(5-6)3-2-7(11)12/h4-5,8H,2-3H2,1H3,(H,11,12). The highest BCUT2D eigenvalue weighted by molar-refractivity contribution is 5.66. The molecule has 0 atom stereocenters. The van der Waals surface area contributed by atoms with E-state index in [1.54, 1.807) is 24.1 Å². The zero-order chi connectivity index (χ0) is 8.97. The molecule has 0 unspecified atom stereocenters. The summed E-state index contributed by atoms with van der Waals surface area (Å²) < 4.78 is 1.60. The van der Waals surface area contributed by atoms with Crippen LogP contribution in [0, 0.1) is 0 Å². The molecule has 1 aromatic heterocycles. The van der Waals surface area contributed by atoms with Crippen LogP contribution in [0.1, 0.15) is 6.42 Å². The maximum atomic E-state index is 10.2. The number of nitrogens with one attached hydrogen (secondary N) is 1. The first-order valence-electron chi connectivity index (χ1n) is 3.64. The molecule has 0 amide bonds. The lowest BCUT2D eigenvalue weighted by Gasteiger charge is -1.95. The zero-order valence-electron chi connectivity index (χ0n) is 6.82. The predicted octanol–water partition coefficient (Wildman–Crippen LogP) is 0.399. The van der Waals surface area contributed by atoms with Gasteiger partial charge in [0, 0.05) is 13.2 Å². The number of hydrogen-bond acceptors (Lipinski definition) is 3. The van der Waals surface area contributed by atoms with E-state index < -0.39 is 5.97 Å².